The van der Waals surface area contributed by atoms with E-state index in [0.29, 0.717) is 6.42 Å². The molecule has 2 rings (SSSR count). The molecule has 0 aromatic heterocycles. The molecule has 2 nitrogen and oxygen atoms in total. The first-order valence-corrected chi connectivity index (χ1v) is 6.24. The summed E-state index contributed by atoms with van der Waals surface area (Å²) in [6.45, 7) is 0. The highest BCUT2D eigenvalue weighted by atomic mass is 35.5. The first-order valence-electron chi connectivity index (χ1n) is 5.87. The van der Waals surface area contributed by atoms with Crippen molar-refractivity contribution in [3.63, 3.8) is 0 Å². The number of hydrogen-bond acceptors (Lipinski definition) is 2. The van der Waals surface area contributed by atoms with E-state index in [2.05, 4.69) is 6.07 Å². The van der Waals surface area contributed by atoms with Crippen LogP contribution in [0.3, 0.4) is 0 Å². The molecule has 1 aliphatic rings. The van der Waals surface area contributed by atoms with Crippen molar-refractivity contribution in [1.29, 1.82) is 5.26 Å². The van der Waals surface area contributed by atoms with Crippen molar-refractivity contribution in [2.24, 2.45) is 5.41 Å². The molecule has 1 fully saturated rings. The maximum atomic E-state index is 11.7. The predicted molar refractivity (Wildman–Crippen MR) is 66.6 cm³/mol. The largest absolute Gasteiger partial charge is 0.279 e. The zero-order valence-electron chi connectivity index (χ0n) is 9.53. The SMILES string of the molecule is N#C[C@@]1(C(=O)Cl)CCCC[C@H]1c1ccccc1. The number of halogens is 1. The number of carbonyl (C=O) groups is 1. The average Bonchev–Trinajstić information content (AvgIpc) is 2.39. The van der Waals surface area contributed by atoms with Crippen LogP contribution in [0.4, 0.5) is 0 Å². The fourth-order valence-corrected chi connectivity index (χ4v) is 2.99. The van der Waals surface area contributed by atoms with E-state index in [1.807, 2.05) is 30.3 Å². The van der Waals surface area contributed by atoms with E-state index in [1.54, 1.807) is 0 Å². The highest BCUT2D eigenvalue weighted by Crippen LogP contribution is 2.48. The molecule has 0 aliphatic heterocycles. The topological polar surface area (TPSA) is 40.9 Å². The van der Waals surface area contributed by atoms with E-state index in [0.717, 1.165) is 24.8 Å². The van der Waals surface area contributed by atoms with Gasteiger partial charge in [0.15, 0.2) is 0 Å². The molecule has 0 saturated heterocycles. The summed E-state index contributed by atoms with van der Waals surface area (Å²) >= 11 is 5.70. The van der Waals surface area contributed by atoms with E-state index in [4.69, 9.17) is 11.6 Å². The van der Waals surface area contributed by atoms with Gasteiger partial charge in [-0.3, -0.25) is 4.79 Å². The van der Waals surface area contributed by atoms with Crippen LogP contribution < -0.4 is 0 Å². The maximum Gasteiger partial charge on any atom is 0.242 e. The van der Waals surface area contributed by atoms with Crippen molar-refractivity contribution >= 4 is 16.8 Å². The molecule has 17 heavy (non-hydrogen) atoms. The number of carbonyl (C=O) groups excluding carboxylic acids is 1. The smallest absolute Gasteiger partial charge is 0.242 e. The monoisotopic (exact) mass is 247 g/mol. The quantitative estimate of drug-likeness (QED) is 0.749. The van der Waals surface area contributed by atoms with Crippen LogP contribution in [0.1, 0.15) is 37.2 Å². The Hall–Kier alpha value is -1.33. The van der Waals surface area contributed by atoms with Crippen molar-refractivity contribution in [1.82, 2.24) is 0 Å². The van der Waals surface area contributed by atoms with Crippen molar-refractivity contribution in [3.8, 4) is 6.07 Å². The first kappa shape index (κ1) is 12.1. The molecule has 1 aromatic rings. The van der Waals surface area contributed by atoms with E-state index < -0.39 is 10.7 Å². The van der Waals surface area contributed by atoms with Crippen LogP contribution >= 0.6 is 11.6 Å². The fourth-order valence-electron chi connectivity index (χ4n) is 2.72. The zero-order valence-corrected chi connectivity index (χ0v) is 10.3. The summed E-state index contributed by atoms with van der Waals surface area (Å²) in [5.74, 6) is -0.0625. The summed E-state index contributed by atoms with van der Waals surface area (Å²) in [5.41, 5.74) is 0.0176. The minimum Gasteiger partial charge on any atom is -0.279 e. The van der Waals surface area contributed by atoms with Gasteiger partial charge in [0.2, 0.25) is 5.24 Å². The lowest BCUT2D eigenvalue weighted by atomic mass is 9.65. The minimum absolute atomic E-state index is 0.0625. The lowest BCUT2D eigenvalue weighted by Crippen LogP contribution is -2.36. The lowest BCUT2D eigenvalue weighted by Gasteiger charge is -2.36. The fraction of sp³-hybridized carbons (Fsp3) is 0.429. The standard InChI is InChI=1S/C14H14ClNO/c15-13(17)14(10-16)9-5-4-8-12(14)11-6-2-1-3-7-11/h1-3,6-7,12H,4-5,8-9H2/t12-,14-/m0/s1. The minimum atomic E-state index is -1.03. The Morgan fingerprint density at radius 3 is 2.65 bits per heavy atom. The highest BCUT2D eigenvalue weighted by molar-refractivity contribution is 6.65. The van der Waals surface area contributed by atoms with Crippen LogP contribution in [0.2, 0.25) is 0 Å². The van der Waals surface area contributed by atoms with Crippen LogP contribution in [0.5, 0.6) is 0 Å². The summed E-state index contributed by atoms with van der Waals surface area (Å²) in [6, 6.07) is 11.9. The molecule has 1 saturated carbocycles. The Balaban J connectivity index is 2.43. The third-order valence-electron chi connectivity index (χ3n) is 3.66. The number of hydrogen-bond donors (Lipinski definition) is 0. The Kier molecular flexibility index (Phi) is 3.49. The Morgan fingerprint density at radius 1 is 1.35 bits per heavy atom. The molecule has 0 spiro atoms. The Labute approximate surface area is 106 Å². The number of nitrogens with zero attached hydrogens (tertiary/aromatic N) is 1. The van der Waals surface area contributed by atoms with E-state index in [-0.39, 0.29) is 5.92 Å². The van der Waals surface area contributed by atoms with Crippen LogP contribution in [0.15, 0.2) is 30.3 Å². The summed E-state index contributed by atoms with van der Waals surface area (Å²) in [6.07, 6.45) is 3.38. The molecular formula is C14H14ClNO. The van der Waals surface area contributed by atoms with Gasteiger partial charge in [-0.15, -0.1) is 0 Å². The van der Waals surface area contributed by atoms with Crippen LogP contribution in [0, 0.1) is 16.7 Å². The Morgan fingerprint density at radius 2 is 2.06 bits per heavy atom. The number of rotatable bonds is 2. The zero-order chi connectivity index (χ0) is 12.3. The second kappa shape index (κ2) is 4.89. The van der Waals surface area contributed by atoms with E-state index >= 15 is 0 Å². The average molecular weight is 248 g/mol. The van der Waals surface area contributed by atoms with Crippen molar-refractivity contribution < 1.29 is 4.79 Å². The van der Waals surface area contributed by atoms with Gasteiger partial charge >= 0.3 is 0 Å². The van der Waals surface area contributed by atoms with Crippen LogP contribution in [-0.2, 0) is 4.79 Å². The van der Waals surface area contributed by atoms with Gasteiger partial charge in [-0.05, 0) is 30.0 Å². The molecule has 0 radical (unpaired) electrons. The molecule has 0 bridgehead atoms. The Bertz CT molecular complexity index is 451. The number of nitriles is 1. The van der Waals surface area contributed by atoms with E-state index in [9.17, 15) is 10.1 Å². The second-order valence-electron chi connectivity index (χ2n) is 4.57. The van der Waals surface area contributed by atoms with Crippen molar-refractivity contribution in [2.45, 2.75) is 31.6 Å². The lowest BCUT2D eigenvalue weighted by molar-refractivity contribution is -0.120. The molecule has 0 amide bonds. The van der Waals surface area contributed by atoms with Gasteiger partial charge in [0.1, 0.15) is 5.41 Å². The van der Waals surface area contributed by atoms with Gasteiger partial charge in [0.05, 0.1) is 6.07 Å². The van der Waals surface area contributed by atoms with Crippen LogP contribution in [0.25, 0.3) is 0 Å². The molecule has 1 aliphatic carbocycles. The van der Waals surface area contributed by atoms with E-state index in [1.165, 1.54) is 0 Å². The summed E-state index contributed by atoms with van der Waals surface area (Å²) in [4.78, 5) is 11.7. The first-order chi connectivity index (χ1) is 8.20. The third-order valence-corrected chi connectivity index (χ3v) is 4.00. The van der Waals surface area contributed by atoms with Gasteiger partial charge in [-0.2, -0.15) is 5.26 Å². The third kappa shape index (κ3) is 2.08. The molecule has 0 N–H and O–H groups in total. The second-order valence-corrected chi connectivity index (χ2v) is 4.91. The van der Waals surface area contributed by atoms with Crippen LogP contribution in [-0.4, -0.2) is 5.24 Å². The summed E-state index contributed by atoms with van der Waals surface area (Å²) in [7, 11) is 0. The van der Waals surface area contributed by atoms with Crippen molar-refractivity contribution in [2.75, 3.05) is 0 Å². The van der Waals surface area contributed by atoms with Gasteiger partial charge < -0.3 is 0 Å². The maximum absolute atomic E-state index is 11.7. The number of benzene rings is 1. The molecular weight excluding hydrogens is 234 g/mol. The van der Waals surface area contributed by atoms with Gasteiger partial charge in [0, 0.05) is 5.92 Å². The van der Waals surface area contributed by atoms with Gasteiger partial charge in [-0.25, -0.2) is 0 Å². The molecule has 0 unspecified atom stereocenters. The molecule has 0 heterocycles. The summed E-state index contributed by atoms with van der Waals surface area (Å²) in [5, 5.41) is 8.88. The van der Waals surface area contributed by atoms with Crippen molar-refractivity contribution in [3.05, 3.63) is 35.9 Å². The predicted octanol–water partition coefficient (Wildman–Crippen LogP) is 3.62. The molecule has 2 atom stereocenters. The summed E-state index contributed by atoms with van der Waals surface area (Å²) < 4.78 is 0. The van der Waals surface area contributed by atoms with Gasteiger partial charge in [-0.1, -0.05) is 43.2 Å². The van der Waals surface area contributed by atoms with Gasteiger partial charge in [0.25, 0.3) is 0 Å². The normalized spacial score (nSPS) is 28.4. The highest BCUT2D eigenvalue weighted by Gasteiger charge is 2.47. The molecule has 3 heteroatoms. The molecule has 88 valence electrons. The molecule has 1 aromatic carbocycles.